The molecule has 0 saturated heterocycles. The molecule has 0 aromatic heterocycles. The van der Waals surface area contributed by atoms with Gasteiger partial charge >= 0.3 is 0 Å². The van der Waals surface area contributed by atoms with Crippen LogP contribution in [0.3, 0.4) is 0 Å². The van der Waals surface area contributed by atoms with Gasteiger partial charge in [-0.2, -0.15) is 0 Å². The summed E-state index contributed by atoms with van der Waals surface area (Å²) in [4.78, 5) is 58.5. The van der Waals surface area contributed by atoms with Gasteiger partial charge in [0.1, 0.15) is 5.76 Å². The zero-order chi connectivity index (χ0) is 33.0. The molecule has 0 fully saturated rings. The maximum atomic E-state index is 14.4. The highest BCUT2D eigenvalue weighted by Crippen LogP contribution is 2.51. The van der Waals surface area contributed by atoms with Gasteiger partial charge in [0.15, 0.2) is 11.5 Å². The number of hydrogen-bond donors (Lipinski definition) is 0. The van der Waals surface area contributed by atoms with E-state index in [9.17, 15) is 24.5 Å². The lowest BCUT2D eigenvalue weighted by Crippen LogP contribution is -2.36. The van der Waals surface area contributed by atoms with Crippen LogP contribution in [0.5, 0.6) is 0 Å². The molecule has 0 N–H and O–H groups in total. The van der Waals surface area contributed by atoms with Crippen LogP contribution in [0, 0.1) is 10.1 Å². The van der Waals surface area contributed by atoms with Gasteiger partial charge in [0.2, 0.25) is 17.3 Å². The highest BCUT2D eigenvalue weighted by atomic mass is 16.6. The van der Waals surface area contributed by atoms with Gasteiger partial charge in [-0.05, 0) is 12.5 Å². The maximum Gasteiger partial charge on any atom is 0.269 e. The maximum absolute atomic E-state index is 14.4. The first-order chi connectivity index (χ1) is 22.8. The molecule has 8 nitrogen and oxygen atoms in total. The molecule has 2 atom stereocenters. The van der Waals surface area contributed by atoms with Crippen molar-refractivity contribution in [1.82, 2.24) is 0 Å². The molecule has 0 saturated carbocycles. The SMILES string of the molecule is C[C@]1(N=C(C(=O)c2ccccc2)C(=O)c2ccccc2)OC(c2ccccc2)=C(C(=O)c2ccccc2)[C@H]1c1ccc([N+](=O)[O-])cc1. The smallest absolute Gasteiger partial charge is 0.269 e. The van der Waals surface area contributed by atoms with E-state index in [-0.39, 0.29) is 39.6 Å². The Morgan fingerprint density at radius 3 is 1.57 bits per heavy atom. The van der Waals surface area contributed by atoms with Gasteiger partial charge in [-0.3, -0.25) is 24.5 Å². The molecule has 6 rings (SSSR count). The lowest BCUT2D eigenvalue weighted by molar-refractivity contribution is -0.384. The Labute approximate surface area is 270 Å². The molecule has 1 aliphatic rings. The molecule has 0 amide bonds. The molecule has 0 bridgehead atoms. The van der Waals surface area contributed by atoms with Crippen molar-refractivity contribution >= 4 is 34.5 Å². The van der Waals surface area contributed by atoms with E-state index in [1.54, 1.807) is 134 Å². The van der Waals surface area contributed by atoms with E-state index in [1.807, 2.05) is 6.07 Å². The highest BCUT2D eigenvalue weighted by Gasteiger charge is 2.51. The first-order valence-electron chi connectivity index (χ1n) is 14.9. The van der Waals surface area contributed by atoms with Crippen LogP contribution in [0.2, 0.25) is 0 Å². The number of carbonyl (C=O) groups is 3. The van der Waals surface area contributed by atoms with Crippen molar-refractivity contribution in [2.75, 3.05) is 0 Å². The zero-order valence-electron chi connectivity index (χ0n) is 25.3. The zero-order valence-corrected chi connectivity index (χ0v) is 25.3. The van der Waals surface area contributed by atoms with Crippen LogP contribution in [0.1, 0.15) is 55.0 Å². The second-order valence-electron chi connectivity index (χ2n) is 11.1. The minimum Gasteiger partial charge on any atom is -0.464 e. The van der Waals surface area contributed by atoms with Crippen molar-refractivity contribution in [3.8, 4) is 0 Å². The van der Waals surface area contributed by atoms with E-state index in [0.717, 1.165) is 0 Å². The van der Waals surface area contributed by atoms with Crippen molar-refractivity contribution in [1.29, 1.82) is 0 Å². The third-order valence-electron chi connectivity index (χ3n) is 7.97. The number of Topliss-reactive ketones (excluding diaryl/α,β-unsaturated/α-hetero) is 3. The van der Waals surface area contributed by atoms with Crippen molar-refractivity contribution in [2.24, 2.45) is 4.99 Å². The summed E-state index contributed by atoms with van der Waals surface area (Å²) in [5.74, 6) is -2.33. The van der Waals surface area contributed by atoms with Crippen LogP contribution in [0.4, 0.5) is 5.69 Å². The number of non-ortho nitro benzene ring substituents is 1. The molecule has 1 aliphatic heterocycles. The molecule has 0 spiro atoms. The van der Waals surface area contributed by atoms with Gasteiger partial charge in [0.25, 0.3) is 5.69 Å². The molecular formula is C39H28N2O6. The fourth-order valence-corrected chi connectivity index (χ4v) is 5.73. The third kappa shape index (κ3) is 6.17. The van der Waals surface area contributed by atoms with E-state index < -0.39 is 28.1 Å². The van der Waals surface area contributed by atoms with Crippen molar-refractivity contribution in [3.63, 3.8) is 0 Å². The average molecular weight is 621 g/mol. The lowest BCUT2D eigenvalue weighted by Gasteiger charge is -2.29. The number of nitro benzene ring substituents is 1. The van der Waals surface area contributed by atoms with Crippen molar-refractivity contribution < 1.29 is 24.0 Å². The van der Waals surface area contributed by atoms with E-state index >= 15 is 0 Å². The van der Waals surface area contributed by atoms with Crippen LogP contribution >= 0.6 is 0 Å². The summed E-state index contributed by atoms with van der Waals surface area (Å²) >= 11 is 0. The predicted octanol–water partition coefficient (Wildman–Crippen LogP) is 7.93. The largest absolute Gasteiger partial charge is 0.464 e. The molecule has 47 heavy (non-hydrogen) atoms. The molecule has 230 valence electrons. The molecular weight excluding hydrogens is 592 g/mol. The molecule has 0 unspecified atom stereocenters. The number of nitro groups is 1. The van der Waals surface area contributed by atoms with Crippen LogP contribution in [-0.2, 0) is 4.74 Å². The Kier molecular flexibility index (Phi) is 8.49. The fraction of sp³-hybridized carbons (Fsp3) is 0.0769. The first kappa shape index (κ1) is 30.7. The standard InChI is InChI=1S/C39H28N2O6/c1-39(40-34(36(43)28-16-8-3-9-17-28)37(44)29-18-10-4-11-19-29)33(26-22-24-31(25-23-26)41(45)46)32(35(42)27-14-6-2-7-15-27)38(47-39)30-20-12-5-13-21-30/h2-25,33H,1H3/t33-,39+/m1/s1. The van der Waals surface area contributed by atoms with Gasteiger partial charge in [-0.25, -0.2) is 4.99 Å². The molecule has 8 heteroatoms. The lowest BCUT2D eigenvalue weighted by atomic mass is 9.80. The van der Waals surface area contributed by atoms with E-state index in [0.29, 0.717) is 16.7 Å². The monoisotopic (exact) mass is 620 g/mol. The number of rotatable bonds is 10. The number of aliphatic imine (C=N–C) groups is 1. The second-order valence-corrected chi connectivity index (χ2v) is 11.1. The van der Waals surface area contributed by atoms with Gasteiger partial charge in [-0.1, -0.05) is 133 Å². The third-order valence-corrected chi connectivity index (χ3v) is 7.97. The number of hydrogen-bond acceptors (Lipinski definition) is 7. The number of ketones is 3. The summed E-state index contributed by atoms with van der Waals surface area (Å²) < 4.78 is 6.67. The van der Waals surface area contributed by atoms with Crippen LogP contribution in [-0.4, -0.2) is 33.7 Å². The second kappa shape index (κ2) is 13.0. The minimum absolute atomic E-state index is 0.139. The Bertz CT molecular complexity index is 1970. The Hall–Kier alpha value is -6.28. The summed E-state index contributed by atoms with van der Waals surface area (Å²) in [7, 11) is 0. The topological polar surface area (TPSA) is 116 Å². The minimum atomic E-state index is -1.72. The van der Waals surface area contributed by atoms with E-state index in [4.69, 9.17) is 9.73 Å². The molecule has 0 aliphatic carbocycles. The number of carbonyl (C=O) groups excluding carboxylic acids is 3. The van der Waals surface area contributed by atoms with E-state index in [2.05, 4.69) is 0 Å². The molecule has 5 aromatic carbocycles. The quantitative estimate of drug-likeness (QED) is 0.0515. The summed E-state index contributed by atoms with van der Waals surface area (Å²) in [6.45, 7) is 1.61. The molecule has 5 aromatic rings. The average Bonchev–Trinajstić information content (AvgIpc) is 3.44. The van der Waals surface area contributed by atoms with E-state index in [1.165, 1.54) is 12.1 Å². The highest BCUT2D eigenvalue weighted by molar-refractivity contribution is 6.72. The number of benzene rings is 5. The van der Waals surface area contributed by atoms with Gasteiger partial charge < -0.3 is 4.74 Å². The van der Waals surface area contributed by atoms with Gasteiger partial charge in [0, 0.05) is 34.4 Å². The van der Waals surface area contributed by atoms with Crippen LogP contribution < -0.4 is 0 Å². The first-order valence-corrected chi connectivity index (χ1v) is 14.9. The van der Waals surface area contributed by atoms with Crippen LogP contribution in [0.15, 0.2) is 156 Å². The Morgan fingerprint density at radius 2 is 1.11 bits per heavy atom. The van der Waals surface area contributed by atoms with Gasteiger partial charge in [0.05, 0.1) is 16.4 Å². The van der Waals surface area contributed by atoms with Crippen molar-refractivity contribution in [3.05, 3.63) is 189 Å². The summed E-state index contributed by atoms with van der Waals surface area (Å²) in [6, 6.07) is 40.2. The van der Waals surface area contributed by atoms with Crippen molar-refractivity contribution in [2.45, 2.75) is 18.6 Å². The van der Waals surface area contributed by atoms with Crippen LogP contribution in [0.25, 0.3) is 5.76 Å². The van der Waals surface area contributed by atoms with Gasteiger partial charge in [-0.15, -0.1) is 0 Å². The molecule has 0 radical (unpaired) electrons. The number of ether oxygens (including phenoxy) is 1. The number of nitrogens with zero attached hydrogens (tertiary/aromatic N) is 2. The summed E-state index contributed by atoms with van der Waals surface area (Å²) in [6.07, 6.45) is 0. The molecule has 1 heterocycles. The predicted molar refractivity (Wildman–Crippen MR) is 178 cm³/mol. The fourth-order valence-electron chi connectivity index (χ4n) is 5.73. The Balaban J connectivity index is 1.61. The summed E-state index contributed by atoms with van der Waals surface area (Å²) in [5.41, 5.74) is -0.0410. The Morgan fingerprint density at radius 1 is 0.660 bits per heavy atom. The summed E-state index contributed by atoms with van der Waals surface area (Å²) in [5, 5.41) is 11.5. The normalized spacial score (nSPS) is 17.0.